The predicted molar refractivity (Wildman–Crippen MR) is 77.7 cm³/mol. The molecule has 110 valence electrons. The molecule has 0 bridgehead atoms. The Hall–Kier alpha value is -0.120. The average Bonchev–Trinajstić information content (AvgIpc) is 3.21. The minimum atomic E-state index is 0.190. The lowest BCUT2D eigenvalue weighted by Crippen LogP contribution is -1.97. The number of hydrogen-bond donors (Lipinski definition) is 2. The van der Waals surface area contributed by atoms with Crippen molar-refractivity contribution in [2.45, 2.75) is 77.2 Å². The molecule has 3 heteroatoms. The molecule has 1 aliphatic heterocycles. The first-order chi connectivity index (χ1) is 8.85. The second kappa shape index (κ2) is 14.9. The summed E-state index contributed by atoms with van der Waals surface area (Å²) in [5.74, 6) is 0. The van der Waals surface area contributed by atoms with Gasteiger partial charge in [0.2, 0.25) is 0 Å². The summed E-state index contributed by atoms with van der Waals surface area (Å²) >= 11 is 0. The van der Waals surface area contributed by atoms with E-state index in [0.717, 1.165) is 13.2 Å². The van der Waals surface area contributed by atoms with Crippen LogP contribution in [0.15, 0.2) is 0 Å². The fourth-order valence-electron chi connectivity index (χ4n) is 1.81. The lowest BCUT2D eigenvalue weighted by molar-refractivity contribution is 0.244. The maximum absolute atomic E-state index is 8.08. The summed E-state index contributed by atoms with van der Waals surface area (Å²) in [5, 5.41) is 8.08. The van der Waals surface area contributed by atoms with Gasteiger partial charge in [-0.25, -0.2) is 0 Å². The highest BCUT2D eigenvalue weighted by Gasteiger charge is 2.19. The van der Waals surface area contributed by atoms with Crippen LogP contribution in [0.5, 0.6) is 0 Å². The zero-order valence-corrected chi connectivity index (χ0v) is 12.2. The largest absolute Gasteiger partial charge is 0.394 e. The third kappa shape index (κ3) is 15.9. The van der Waals surface area contributed by atoms with E-state index in [1.165, 1.54) is 64.2 Å². The number of ether oxygens (including phenoxy) is 1. The van der Waals surface area contributed by atoms with Crippen LogP contribution in [0.4, 0.5) is 0 Å². The highest BCUT2D eigenvalue weighted by molar-refractivity contribution is 4.65. The van der Waals surface area contributed by atoms with Crippen LogP contribution in [0.25, 0.3) is 0 Å². The minimum Gasteiger partial charge on any atom is -0.394 e. The molecular formula is C15H33NO2. The summed E-state index contributed by atoms with van der Waals surface area (Å²) in [6, 6.07) is 0. The molecule has 3 N–H and O–H groups in total. The maximum Gasteiger partial charge on any atom is 0.104 e. The van der Waals surface area contributed by atoms with E-state index in [9.17, 15) is 0 Å². The van der Waals surface area contributed by atoms with Crippen LogP contribution in [-0.4, -0.2) is 31.0 Å². The van der Waals surface area contributed by atoms with Gasteiger partial charge in [-0.15, -0.1) is 0 Å². The van der Waals surface area contributed by atoms with Gasteiger partial charge in [-0.1, -0.05) is 64.7 Å². The van der Waals surface area contributed by atoms with Crippen LogP contribution < -0.4 is 5.73 Å². The molecule has 1 heterocycles. The number of hydrogen-bond acceptors (Lipinski definition) is 3. The summed E-state index contributed by atoms with van der Waals surface area (Å²) in [5.41, 5.74) is 5.42. The first kappa shape index (κ1) is 17.9. The fraction of sp³-hybridized carbons (Fsp3) is 1.00. The van der Waals surface area contributed by atoms with Crippen molar-refractivity contribution in [3.8, 4) is 0 Å². The molecule has 1 fully saturated rings. The van der Waals surface area contributed by atoms with E-state index in [2.05, 4.69) is 11.7 Å². The third-order valence-electron chi connectivity index (χ3n) is 3.16. The Kier molecular flexibility index (Phi) is 14.8. The van der Waals surface area contributed by atoms with Gasteiger partial charge in [0.15, 0.2) is 0 Å². The molecule has 0 aliphatic carbocycles. The quantitative estimate of drug-likeness (QED) is 0.442. The maximum atomic E-state index is 8.08. The van der Waals surface area contributed by atoms with Gasteiger partial charge in [0.05, 0.1) is 13.2 Å². The molecule has 1 unspecified atom stereocenters. The van der Waals surface area contributed by atoms with Crippen LogP contribution in [-0.2, 0) is 4.74 Å². The lowest BCUT2D eigenvalue weighted by Gasteiger charge is -2.00. The van der Waals surface area contributed by atoms with Crippen molar-refractivity contribution in [1.29, 1.82) is 0 Å². The fourth-order valence-corrected chi connectivity index (χ4v) is 1.81. The zero-order valence-electron chi connectivity index (χ0n) is 12.2. The lowest BCUT2D eigenvalue weighted by atomic mass is 10.1. The van der Waals surface area contributed by atoms with Crippen LogP contribution in [0.2, 0.25) is 0 Å². The van der Waals surface area contributed by atoms with Crippen LogP contribution in [0, 0.1) is 0 Å². The van der Waals surface area contributed by atoms with Gasteiger partial charge in [0.1, 0.15) is 6.10 Å². The molecule has 1 rings (SSSR count). The highest BCUT2D eigenvalue weighted by atomic mass is 16.6. The molecule has 0 amide bonds. The van der Waals surface area contributed by atoms with E-state index < -0.39 is 0 Å². The van der Waals surface area contributed by atoms with Gasteiger partial charge >= 0.3 is 0 Å². The second-order valence-electron chi connectivity index (χ2n) is 5.11. The Morgan fingerprint density at radius 1 is 0.944 bits per heavy atom. The first-order valence-corrected chi connectivity index (χ1v) is 7.77. The molecule has 3 nitrogen and oxygen atoms in total. The van der Waals surface area contributed by atoms with E-state index in [0.29, 0.717) is 0 Å². The van der Waals surface area contributed by atoms with Crippen LogP contribution >= 0.6 is 0 Å². The predicted octanol–water partition coefficient (Wildman–Crippen LogP) is 3.24. The summed E-state index contributed by atoms with van der Waals surface area (Å²) in [6.07, 6.45) is 14.1. The molecule has 1 saturated heterocycles. The molecule has 0 saturated carbocycles. The van der Waals surface area contributed by atoms with E-state index >= 15 is 0 Å². The number of rotatable bonds is 11. The number of nitrogens with two attached hydrogens (primary N) is 1. The Morgan fingerprint density at radius 3 is 1.67 bits per heavy atom. The van der Waals surface area contributed by atoms with E-state index in [-0.39, 0.29) is 12.7 Å². The van der Waals surface area contributed by atoms with Crippen molar-refractivity contribution in [3.05, 3.63) is 0 Å². The van der Waals surface area contributed by atoms with Crippen molar-refractivity contribution in [2.24, 2.45) is 5.73 Å². The Morgan fingerprint density at radius 2 is 1.39 bits per heavy atom. The Balaban J connectivity index is 0.000000473. The number of unbranched alkanes of at least 4 members (excludes halogenated alkanes) is 9. The summed E-state index contributed by atoms with van der Waals surface area (Å²) in [4.78, 5) is 0. The summed E-state index contributed by atoms with van der Waals surface area (Å²) in [6.45, 7) is 4.10. The molecule has 0 aromatic rings. The SMILES string of the molecule is CCCCCCCCCCCCN.OCC1CO1. The molecular weight excluding hydrogens is 226 g/mol. The molecule has 0 aromatic heterocycles. The van der Waals surface area contributed by atoms with Gasteiger partial charge in [0, 0.05) is 0 Å². The second-order valence-corrected chi connectivity index (χ2v) is 5.11. The molecule has 0 aromatic carbocycles. The van der Waals surface area contributed by atoms with Crippen molar-refractivity contribution in [3.63, 3.8) is 0 Å². The van der Waals surface area contributed by atoms with E-state index in [4.69, 9.17) is 10.8 Å². The normalized spacial score (nSPS) is 17.2. The van der Waals surface area contributed by atoms with Gasteiger partial charge < -0.3 is 15.6 Å². The summed E-state index contributed by atoms with van der Waals surface area (Å²) in [7, 11) is 0. The smallest absolute Gasteiger partial charge is 0.104 e. The van der Waals surface area contributed by atoms with Crippen molar-refractivity contribution < 1.29 is 9.84 Å². The van der Waals surface area contributed by atoms with E-state index in [1.807, 2.05) is 0 Å². The van der Waals surface area contributed by atoms with Gasteiger partial charge in [0.25, 0.3) is 0 Å². The molecule has 18 heavy (non-hydrogen) atoms. The monoisotopic (exact) mass is 259 g/mol. The third-order valence-corrected chi connectivity index (χ3v) is 3.16. The minimum absolute atomic E-state index is 0.190. The van der Waals surface area contributed by atoms with Crippen LogP contribution in [0.1, 0.15) is 71.1 Å². The van der Waals surface area contributed by atoms with Crippen molar-refractivity contribution >= 4 is 0 Å². The van der Waals surface area contributed by atoms with Gasteiger partial charge in [-0.3, -0.25) is 0 Å². The molecule has 1 atom stereocenters. The van der Waals surface area contributed by atoms with Crippen molar-refractivity contribution in [2.75, 3.05) is 19.8 Å². The highest BCUT2D eigenvalue weighted by Crippen LogP contribution is 2.09. The standard InChI is InChI=1S/C12H27N.C3H6O2/c1-2-3-4-5-6-7-8-9-10-11-12-13;4-1-3-2-5-3/h2-13H2,1H3;3-4H,1-2H2. The topological polar surface area (TPSA) is 58.8 Å². The average molecular weight is 259 g/mol. The molecule has 0 radical (unpaired) electrons. The summed E-state index contributed by atoms with van der Waals surface area (Å²) < 4.78 is 4.61. The molecule has 0 spiro atoms. The van der Waals surface area contributed by atoms with E-state index in [1.54, 1.807) is 0 Å². The number of aliphatic hydroxyl groups is 1. The zero-order chi connectivity index (χ0) is 13.5. The van der Waals surface area contributed by atoms with Crippen LogP contribution in [0.3, 0.4) is 0 Å². The van der Waals surface area contributed by atoms with Gasteiger partial charge in [-0.05, 0) is 13.0 Å². The number of epoxide rings is 1. The Labute approximate surface area is 113 Å². The first-order valence-electron chi connectivity index (χ1n) is 7.77. The number of aliphatic hydroxyl groups excluding tert-OH is 1. The molecule has 1 aliphatic rings. The van der Waals surface area contributed by atoms with Crippen molar-refractivity contribution in [1.82, 2.24) is 0 Å². The Bertz CT molecular complexity index is 139. The van der Waals surface area contributed by atoms with Gasteiger partial charge in [-0.2, -0.15) is 0 Å².